The van der Waals surface area contributed by atoms with Crippen molar-refractivity contribution < 1.29 is 9.90 Å². The van der Waals surface area contributed by atoms with Crippen molar-refractivity contribution in [1.29, 1.82) is 0 Å². The number of anilines is 1. The standard InChI is InChI=1S/C13H13ClN2O2S/c1-2-8-3-4-19-10(8)7-15-12-6-9(13(17)18)5-11(14)16-12/h3-6H,2,7H2,1H3,(H,15,16)(H,17,18). The predicted molar refractivity (Wildman–Crippen MR) is 77.2 cm³/mol. The lowest BCUT2D eigenvalue weighted by Gasteiger charge is -2.07. The Balaban J connectivity index is 2.13. The zero-order valence-corrected chi connectivity index (χ0v) is 11.9. The molecule has 0 amide bonds. The molecule has 0 atom stereocenters. The second kappa shape index (κ2) is 6.04. The first-order valence-electron chi connectivity index (χ1n) is 5.80. The zero-order chi connectivity index (χ0) is 13.8. The molecule has 0 aliphatic heterocycles. The summed E-state index contributed by atoms with van der Waals surface area (Å²) in [6.07, 6.45) is 0.976. The van der Waals surface area contributed by atoms with Gasteiger partial charge in [-0.15, -0.1) is 11.3 Å². The first-order valence-corrected chi connectivity index (χ1v) is 7.06. The summed E-state index contributed by atoms with van der Waals surface area (Å²) in [5.41, 5.74) is 1.42. The summed E-state index contributed by atoms with van der Waals surface area (Å²) >= 11 is 7.47. The molecule has 6 heteroatoms. The lowest BCUT2D eigenvalue weighted by Crippen LogP contribution is -2.04. The SMILES string of the molecule is CCc1ccsc1CNc1cc(C(=O)O)cc(Cl)n1. The number of nitrogens with zero attached hydrogens (tertiary/aromatic N) is 1. The van der Waals surface area contributed by atoms with Crippen LogP contribution in [0.4, 0.5) is 5.82 Å². The van der Waals surface area contributed by atoms with Crippen LogP contribution >= 0.6 is 22.9 Å². The zero-order valence-electron chi connectivity index (χ0n) is 10.3. The number of hydrogen-bond acceptors (Lipinski definition) is 4. The number of aromatic carboxylic acids is 1. The first-order chi connectivity index (χ1) is 9.10. The number of carboxylic acid groups (broad SMARTS) is 1. The number of aromatic nitrogens is 1. The van der Waals surface area contributed by atoms with Gasteiger partial charge in [-0.25, -0.2) is 9.78 Å². The maximum absolute atomic E-state index is 10.9. The molecule has 0 spiro atoms. The van der Waals surface area contributed by atoms with E-state index in [0.717, 1.165) is 6.42 Å². The van der Waals surface area contributed by atoms with E-state index in [1.807, 2.05) is 5.38 Å². The van der Waals surface area contributed by atoms with Crippen molar-refractivity contribution in [3.05, 3.63) is 44.7 Å². The summed E-state index contributed by atoms with van der Waals surface area (Å²) in [5, 5.41) is 14.3. The molecule has 2 aromatic rings. The van der Waals surface area contributed by atoms with E-state index in [1.165, 1.54) is 22.6 Å². The highest BCUT2D eigenvalue weighted by Gasteiger charge is 2.08. The number of halogens is 1. The molecule has 4 nitrogen and oxygen atoms in total. The maximum Gasteiger partial charge on any atom is 0.335 e. The lowest BCUT2D eigenvalue weighted by molar-refractivity contribution is 0.0697. The Morgan fingerprint density at radius 3 is 3.00 bits per heavy atom. The Labute approximate surface area is 120 Å². The van der Waals surface area contributed by atoms with Gasteiger partial charge in [-0.3, -0.25) is 0 Å². The molecule has 0 radical (unpaired) electrons. The van der Waals surface area contributed by atoms with Crippen LogP contribution in [0.1, 0.15) is 27.7 Å². The van der Waals surface area contributed by atoms with E-state index >= 15 is 0 Å². The van der Waals surface area contributed by atoms with Crippen molar-refractivity contribution in [3.8, 4) is 0 Å². The average molecular weight is 297 g/mol. The smallest absolute Gasteiger partial charge is 0.335 e. The largest absolute Gasteiger partial charge is 0.478 e. The van der Waals surface area contributed by atoms with Gasteiger partial charge in [0.2, 0.25) is 0 Å². The minimum absolute atomic E-state index is 0.129. The molecular weight excluding hydrogens is 284 g/mol. The van der Waals surface area contributed by atoms with Crippen LogP contribution in [0.2, 0.25) is 5.15 Å². The molecular formula is C13H13ClN2O2S. The number of nitrogens with one attached hydrogen (secondary N) is 1. The lowest BCUT2D eigenvalue weighted by atomic mass is 10.2. The molecule has 100 valence electrons. The third kappa shape index (κ3) is 3.45. The van der Waals surface area contributed by atoms with Crippen LogP contribution in [0, 0.1) is 0 Å². The average Bonchev–Trinajstić information content (AvgIpc) is 2.83. The molecule has 0 aromatic carbocycles. The van der Waals surface area contributed by atoms with Gasteiger partial charge in [-0.2, -0.15) is 0 Å². The minimum atomic E-state index is -1.02. The quantitative estimate of drug-likeness (QED) is 0.826. The van der Waals surface area contributed by atoms with Gasteiger partial charge in [-0.05, 0) is 35.6 Å². The number of pyridine rings is 1. The van der Waals surface area contributed by atoms with Crippen molar-refractivity contribution in [2.24, 2.45) is 0 Å². The molecule has 0 fully saturated rings. The molecule has 2 aromatic heterocycles. The van der Waals surface area contributed by atoms with Gasteiger partial charge in [0.05, 0.1) is 12.1 Å². The van der Waals surface area contributed by atoms with Gasteiger partial charge >= 0.3 is 5.97 Å². The Morgan fingerprint density at radius 2 is 2.32 bits per heavy atom. The van der Waals surface area contributed by atoms with E-state index in [1.54, 1.807) is 11.3 Å². The number of aryl methyl sites for hydroxylation is 1. The third-order valence-corrected chi connectivity index (χ3v) is 3.85. The summed E-state index contributed by atoms with van der Waals surface area (Å²) in [5.74, 6) is -0.543. The number of hydrogen-bond donors (Lipinski definition) is 2. The van der Waals surface area contributed by atoms with E-state index in [9.17, 15) is 4.79 Å². The number of rotatable bonds is 5. The number of carbonyl (C=O) groups is 1. The van der Waals surface area contributed by atoms with Gasteiger partial charge < -0.3 is 10.4 Å². The highest BCUT2D eigenvalue weighted by molar-refractivity contribution is 7.10. The van der Waals surface area contributed by atoms with Crippen LogP contribution in [-0.4, -0.2) is 16.1 Å². The second-order valence-electron chi connectivity index (χ2n) is 3.95. The van der Waals surface area contributed by atoms with Crippen molar-refractivity contribution >= 4 is 34.7 Å². The summed E-state index contributed by atoms with van der Waals surface area (Å²) < 4.78 is 0. The van der Waals surface area contributed by atoms with Gasteiger partial charge in [0.25, 0.3) is 0 Å². The van der Waals surface area contributed by atoms with Crippen LogP contribution in [0.15, 0.2) is 23.6 Å². The van der Waals surface area contributed by atoms with E-state index in [2.05, 4.69) is 23.3 Å². The van der Waals surface area contributed by atoms with Crippen LogP contribution < -0.4 is 5.32 Å². The minimum Gasteiger partial charge on any atom is -0.478 e. The molecule has 2 heterocycles. The molecule has 2 N–H and O–H groups in total. The van der Waals surface area contributed by atoms with E-state index < -0.39 is 5.97 Å². The molecule has 0 saturated heterocycles. The Bertz CT molecular complexity index is 598. The van der Waals surface area contributed by atoms with E-state index in [-0.39, 0.29) is 10.7 Å². The summed E-state index contributed by atoms with van der Waals surface area (Å²) in [4.78, 5) is 16.2. The summed E-state index contributed by atoms with van der Waals surface area (Å²) in [6, 6.07) is 4.90. The fraction of sp³-hybridized carbons (Fsp3) is 0.231. The van der Waals surface area contributed by atoms with Crippen molar-refractivity contribution in [2.45, 2.75) is 19.9 Å². The van der Waals surface area contributed by atoms with Crippen LogP contribution in [0.25, 0.3) is 0 Å². The van der Waals surface area contributed by atoms with E-state index in [4.69, 9.17) is 16.7 Å². The van der Waals surface area contributed by atoms with Gasteiger partial charge in [-0.1, -0.05) is 18.5 Å². The molecule has 19 heavy (non-hydrogen) atoms. The topological polar surface area (TPSA) is 62.2 Å². The van der Waals surface area contributed by atoms with Crippen molar-refractivity contribution in [3.63, 3.8) is 0 Å². The van der Waals surface area contributed by atoms with Gasteiger partial charge in [0.15, 0.2) is 0 Å². The monoisotopic (exact) mass is 296 g/mol. The third-order valence-electron chi connectivity index (χ3n) is 2.69. The highest BCUT2D eigenvalue weighted by atomic mass is 35.5. The summed E-state index contributed by atoms with van der Waals surface area (Å²) in [7, 11) is 0. The molecule has 2 rings (SSSR count). The molecule has 0 aliphatic rings. The molecule has 0 bridgehead atoms. The normalized spacial score (nSPS) is 10.4. The fourth-order valence-corrected chi connectivity index (χ4v) is 2.84. The van der Waals surface area contributed by atoms with Gasteiger partial charge in [0.1, 0.15) is 11.0 Å². The maximum atomic E-state index is 10.9. The molecule has 0 unspecified atom stereocenters. The van der Waals surface area contributed by atoms with Crippen LogP contribution in [-0.2, 0) is 13.0 Å². The van der Waals surface area contributed by atoms with Crippen molar-refractivity contribution in [2.75, 3.05) is 5.32 Å². The Kier molecular flexibility index (Phi) is 4.39. The number of carboxylic acids is 1. The fourth-order valence-electron chi connectivity index (χ4n) is 1.72. The molecule has 0 saturated carbocycles. The summed E-state index contributed by atoms with van der Waals surface area (Å²) in [6.45, 7) is 2.72. The highest BCUT2D eigenvalue weighted by Crippen LogP contribution is 2.20. The van der Waals surface area contributed by atoms with Crippen molar-refractivity contribution in [1.82, 2.24) is 4.98 Å². The van der Waals surface area contributed by atoms with E-state index in [0.29, 0.717) is 12.4 Å². The van der Waals surface area contributed by atoms with Crippen LogP contribution in [0.5, 0.6) is 0 Å². The Hall–Kier alpha value is -1.59. The van der Waals surface area contributed by atoms with Gasteiger partial charge in [0, 0.05) is 4.88 Å². The Morgan fingerprint density at radius 1 is 1.53 bits per heavy atom. The second-order valence-corrected chi connectivity index (χ2v) is 5.33. The molecule has 0 aliphatic carbocycles. The first kappa shape index (κ1) is 13.8. The predicted octanol–water partition coefficient (Wildman–Crippen LogP) is 3.67. The van der Waals surface area contributed by atoms with Crippen LogP contribution in [0.3, 0.4) is 0 Å². The number of thiophene rings is 1.